The molecule has 4 nitrogen and oxygen atoms in total. The van der Waals surface area contributed by atoms with Crippen LogP contribution in [0.3, 0.4) is 0 Å². The molecule has 0 aromatic heterocycles. The van der Waals surface area contributed by atoms with E-state index in [2.05, 4.69) is 6.92 Å². The first-order chi connectivity index (χ1) is 7.45. The summed E-state index contributed by atoms with van der Waals surface area (Å²) in [5, 5.41) is 9.20. The summed E-state index contributed by atoms with van der Waals surface area (Å²) in [6.07, 6.45) is 3.50. The maximum Gasteiger partial charge on any atom is 0.294 e. The Kier molecular flexibility index (Phi) is 4.32. The highest BCUT2D eigenvalue weighted by atomic mass is 32.2. The summed E-state index contributed by atoms with van der Waals surface area (Å²) in [4.78, 5) is -0.191. The molecule has 0 spiro atoms. The van der Waals surface area contributed by atoms with Crippen LogP contribution in [-0.4, -0.2) is 18.1 Å². The zero-order valence-electron chi connectivity index (χ0n) is 9.18. The number of phenols is 1. The first-order valence-electron chi connectivity index (χ1n) is 5.24. The smallest absolute Gasteiger partial charge is 0.294 e. The fraction of sp³-hybridized carbons (Fsp3) is 0.455. The summed E-state index contributed by atoms with van der Waals surface area (Å²) < 4.78 is 31.2. The quantitative estimate of drug-likeness (QED) is 0.616. The second-order valence-electron chi connectivity index (χ2n) is 3.72. The Morgan fingerprint density at radius 3 is 2.50 bits per heavy atom. The van der Waals surface area contributed by atoms with Crippen molar-refractivity contribution in [3.05, 3.63) is 23.8 Å². The summed E-state index contributed by atoms with van der Waals surface area (Å²) in [7, 11) is -4.25. The van der Waals surface area contributed by atoms with Crippen molar-refractivity contribution in [1.82, 2.24) is 0 Å². The van der Waals surface area contributed by atoms with E-state index in [1.165, 1.54) is 12.1 Å². The third-order valence-electron chi connectivity index (χ3n) is 2.38. The SMILES string of the molecule is CCCCCc1ccc(O)cc1S(=O)(=O)O. The summed E-state index contributed by atoms with van der Waals surface area (Å²) in [5.41, 5.74) is 0.550. The van der Waals surface area contributed by atoms with Crippen LogP contribution in [0, 0.1) is 0 Å². The van der Waals surface area contributed by atoms with Gasteiger partial charge in [-0.2, -0.15) is 8.42 Å². The van der Waals surface area contributed by atoms with Crippen LogP contribution in [0.25, 0.3) is 0 Å². The Balaban J connectivity index is 2.99. The lowest BCUT2D eigenvalue weighted by atomic mass is 10.1. The van der Waals surface area contributed by atoms with Gasteiger partial charge in [-0.15, -0.1) is 0 Å². The normalized spacial score (nSPS) is 11.6. The third kappa shape index (κ3) is 3.50. The first-order valence-corrected chi connectivity index (χ1v) is 6.68. The lowest BCUT2D eigenvalue weighted by Crippen LogP contribution is -2.03. The van der Waals surface area contributed by atoms with Gasteiger partial charge >= 0.3 is 0 Å². The molecule has 0 amide bonds. The lowest BCUT2D eigenvalue weighted by molar-refractivity contribution is 0.464. The van der Waals surface area contributed by atoms with Crippen molar-refractivity contribution < 1.29 is 18.1 Å². The topological polar surface area (TPSA) is 74.6 Å². The highest BCUT2D eigenvalue weighted by Gasteiger charge is 2.15. The molecular weight excluding hydrogens is 228 g/mol. The lowest BCUT2D eigenvalue weighted by Gasteiger charge is -2.07. The van der Waals surface area contributed by atoms with E-state index >= 15 is 0 Å². The number of phenolic OH excluding ortho intramolecular Hbond substituents is 1. The van der Waals surface area contributed by atoms with Gasteiger partial charge in [-0.25, -0.2) is 0 Å². The van der Waals surface area contributed by atoms with E-state index in [1.54, 1.807) is 0 Å². The molecule has 0 atom stereocenters. The molecule has 0 heterocycles. The van der Waals surface area contributed by atoms with Crippen LogP contribution in [0.2, 0.25) is 0 Å². The summed E-state index contributed by atoms with van der Waals surface area (Å²) >= 11 is 0. The number of aromatic hydroxyl groups is 1. The van der Waals surface area contributed by atoms with E-state index in [-0.39, 0.29) is 10.6 Å². The summed E-state index contributed by atoms with van der Waals surface area (Å²) in [6, 6.07) is 4.04. The Bertz CT molecular complexity index is 451. The average Bonchev–Trinajstić information content (AvgIpc) is 2.19. The molecule has 1 aromatic rings. The zero-order valence-corrected chi connectivity index (χ0v) is 10.00. The molecule has 0 bridgehead atoms. The van der Waals surface area contributed by atoms with E-state index < -0.39 is 10.1 Å². The summed E-state index contributed by atoms with van der Waals surface area (Å²) in [6.45, 7) is 2.06. The number of rotatable bonds is 5. The van der Waals surface area contributed by atoms with Crippen molar-refractivity contribution in [2.45, 2.75) is 37.5 Å². The van der Waals surface area contributed by atoms with Gasteiger partial charge in [0.05, 0.1) is 0 Å². The standard InChI is InChI=1S/C11H16O4S/c1-2-3-4-5-9-6-7-10(12)8-11(9)16(13,14)15/h6-8,12H,2-5H2,1H3,(H,13,14,15). The molecule has 1 rings (SSSR count). The minimum absolute atomic E-state index is 0.160. The van der Waals surface area contributed by atoms with Crippen LogP contribution in [0.15, 0.2) is 23.1 Å². The number of aryl methyl sites for hydroxylation is 1. The predicted molar refractivity (Wildman–Crippen MR) is 61.2 cm³/mol. The second kappa shape index (κ2) is 5.32. The third-order valence-corrected chi connectivity index (χ3v) is 3.31. The minimum Gasteiger partial charge on any atom is -0.508 e. The number of benzene rings is 1. The Labute approximate surface area is 95.7 Å². The molecule has 0 fully saturated rings. The van der Waals surface area contributed by atoms with E-state index in [1.807, 2.05) is 0 Å². The van der Waals surface area contributed by atoms with Crippen LogP contribution >= 0.6 is 0 Å². The molecule has 2 N–H and O–H groups in total. The molecule has 0 radical (unpaired) electrons. The van der Waals surface area contributed by atoms with Crippen molar-refractivity contribution in [3.63, 3.8) is 0 Å². The van der Waals surface area contributed by atoms with Crippen LogP contribution in [0.4, 0.5) is 0 Å². The summed E-state index contributed by atoms with van der Waals surface area (Å²) in [5.74, 6) is -0.160. The molecule has 0 aliphatic heterocycles. The number of hydrogen-bond donors (Lipinski definition) is 2. The average molecular weight is 244 g/mol. The number of hydrogen-bond acceptors (Lipinski definition) is 3. The van der Waals surface area contributed by atoms with Gasteiger partial charge in [-0.05, 0) is 24.5 Å². The molecule has 5 heteroatoms. The molecule has 1 aromatic carbocycles. The molecule has 0 aliphatic carbocycles. The Morgan fingerprint density at radius 2 is 1.94 bits per heavy atom. The van der Waals surface area contributed by atoms with Crippen molar-refractivity contribution in [3.8, 4) is 5.75 Å². The monoisotopic (exact) mass is 244 g/mol. The van der Waals surface area contributed by atoms with Gasteiger partial charge in [0.1, 0.15) is 10.6 Å². The van der Waals surface area contributed by atoms with Crippen molar-refractivity contribution >= 4 is 10.1 Å². The van der Waals surface area contributed by atoms with Gasteiger partial charge in [0.15, 0.2) is 0 Å². The molecule has 0 unspecified atom stereocenters. The van der Waals surface area contributed by atoms with Gasteiger partial charge in [-0.1, -0.05) is 25.8 Å². The van der Waals surface area contributed by atoms with Crippen LogP contribution in [0.5, 0.6) is 5.75 Å². The molecular formula is C11H16O4S. The van der Waals surface area contributed by atoms with Crippen molar-refractivity contribution in [2.24, 2.45) is 0 Å². The van der Waals surface area contributed by atoms with E-state index in [0.29, 0.717) is 12.0 Å². The van der Waals surface area contributed by atoms with E-state index in [0.717, 1.165) is 25.3 Å². The maximum atomic E-state index is 11.1. The van der Waals surface area contributed by atoms with Gasteiger partial charge in [0, 0.05) is 6.07 Å². The largest absolute Gasteiger partial charge is 0.508 e. The predicted octanol–water partition coefficient (Wildman–Crippen LogP) is 2.37. The van der Waals surface area contributed by atoms with Crippen molar-refractivity contribution in [2.75, 3.05) is 0 Å². The number of unbranched alkanes of at least 4 members (excludes halogenated alkanes) is 2. The van der Waals surface area contributed by atoms with E-state index in [9.17, 15) is 13.5 Å². The molecule has 0 aliphatic rings. The Hall–Kier alpha value is -1.07. The van der Waals surface area contributed by atoms with Gasteiger partial charge in [-0.3, -0.25) is 4.55 Å². The zero-order chi connectivity index (χ0) is 12.2. The molecule has 16 heavy (non-hydrogen) atoms. The van der Waals surface area contributed by atoms with Gasteiger partial charge in [0.25, 0.3) is 10.1 Å². The van der Waals surface area contributed by atoms with Crippen LogP contribution in [0.1, 0.15) is 31.7 Å². The van der Waals surface area contributed by atoms with Gasteiger partial charge < -0.3 is 5.11 Å². The molecule has 0 saturated carbocycles. The van der Waals surface area contributed by atoms with Crippen molar-refractivity contribution in [1.29, 1.82) is 0 Å². The van der Waals surface area contributed by atoms with Crippen LogP contribution < -0.4 is 0 Å². The maximum absolute atomic E-state index is 11.1. The Morgan fingerprint density at radius 1 is 1.25 bits per heavy atom. The molecule has 0 saturated heterocycles. The van der Waals surface area contributed by atoms with Gasteiger partial charge in [0.2, 0.25) is 0 Å². The second-order valence-corrected chi connectivity index (χ2v) is 5.11. The highest BCUT2D eigenvalue weighted by Crippen LogP contribution is 2.22. The fourth-order valence-electron chi connectivity index (χ4n) is 1.56. The van der Waals surface area contributed by atoms with E-state index in [4.69, 9.17) is 4.55 Å². The molecule has 90 valence electrons. The highest BCUT2D eigenvalue weighted by molar-refractivity contribution is 7.85. The minimum atomic E-state index is -4.25. The van der Waals surface area contributed by atoms with Crippen LogP contribution in [-0.2, 0) is 16.5 Å². The first kappa shape index (κ1) is 13.0. The fourth-order valence-corrected chi connectivity index (χ4v) is 2.33.